The van der Waals surface area contributed by atoms with Crippen LogP contribution >= 0.6 is 0 Å². The lowest BCUT2D eigenvalue weighted by Crippen LogP contribution is -2.14. The Labute approximate surface area is 219 Å². The van der Waals surface area contributed by atoms with Crippen LogP contribution in [0.2, 0.25) is 0 Å². The van der Waals surface area contributed by atoms with E-state index in [1.54, 1.807) is 13.8 Å². The summed E-state index contributed by atoms with van der Waals surface area (Å²) in [6.07, 6.45) is 2.91. The maximum absolute atomic E-state index is 11.7. The quantitative estimate of drug-likeness (QED) is 0.188. The van der Waals surface area contributed by atoms with E-state index in [0.29, 0.717) is 35.5 Å². The SMILES string of the molecule is C=C(C)C(=O)OCCOc1cc(-c2ccccc2CC)c(OCCOC(=O)C(=C)C)cc1CCCCO. The van der Waals surface area contributed by atoms with Gasteiger partial charge in [0, 0.05) is 23.3 Å². The molecule has 2 aromatic carbocycles. The van der Waals surface area contributed by atoms with Gasteiger partial charge in [-0.05, 0) is 68.4 Å². The summed E-state index contributed by atoms with van der Waals surface area (Å²) in [5.74, 6) is 0.389. The summed E-state index contributed by atoms with van der Waals surface area (Å²) in [5.41, 5.74) is 4.59. The first kappa shape index (κ1) is 29.6. The summed E-state index contributed by atoms with van der Waals surface area (Å²) >= 11 is 0. The number of aliphatic hydroxyl groups is 1. The third-order valence-electron chi connectivity index (χ3n) is 5.55. The van der Waals surface area contributed by atoms with Crippen molar-refractivity contribution in [3.63, 3.8) is 0 Å². The van der Waals surface area contributed by atoms with E-state index in [4.69, 9.17) is 18.9 Å². The molecule has 0 amide bonds. The molecule has 0 aromatic heterocycles. The van der Waals surface area contributed by atoms with Crippen LogP contribution in [-0.2, 0) is 31.9 Å². The van der Waals surface area contributed by atoms with Crippen LogP contribution < -0.4 is 9.47 Å². The molecule has 0 heterocycles. The Kier molecular flexibility index (Phi) is 12.4. The number of ether oxygens (including phenoxy) is 4. The van der Waals surface area contributed by atoms with Gasteiger partial charge in [0.1, 0.15) is 37.9 Å². The number of hydrogen-bond acceptors (Lipinski definition) is 7. The smallest absolute Gasteiger partial charge is 0.333 e. The van der Waals surface area contributed by atoms with E-state index in [0.717, 1.165) is 35.1 Å². The van der Waals surface area contributed by atoms with Gasteiger partial charge >= 0.3 is 11.9 Å². The Bertz CT molecular complexity index is 1090. The third kappa shape index (κ3) is 9.42. The van der Waals surface area contributed by atoms with E-state index >= 15 is 0 Å². The number of carbonyl (C=O) groups excluding carboxylic acids is 2. The molecular formula is C30H38O7. The number of carbonyl (C=O) groups is 2. The van der Waals surface area contributed by atoms with E-state index < -0.39 is 11.9 Å². The van der Waals surface area contributed by atoms with Crippen LogP contribution in [0.15, 0.2) is 60.7 Å². The predicted octanol–water partition coefficient (Wildman–Crippen LogP) is 5.23. The van der Waals surface area contributed by atoms with Gasteiger partial charge < -0.3 is 24.1 Å². The van der Waals surface area contributed by atoms with Crippen molar-refractivity contribution in [1.29, 1.82) is 0 Å². The first-order valence-electron chi connectivity index (χ1n) is 12.5. The maximum atomic E-state index is 11.7. The lowest BCUT2D eigenvalue weighted by molar-refractivity contribution is -0.140. The predicted molar refractivity (Wildman–Crippen MR) is 144 cm³/mol. The molecule has 0 aliphatic rings. The van der Waals surface area contributed by atoms with Gasteiger partial charge in [-0.25, -0.2) is 9.59 Å². The second kappa shape index (κ2) is 15.5. The molecule has 1 N–H and O–H groups in total. The number of esters is 2. The first-order chi connectivity index (χ1) is 17.8. The van der Waals surface area contributed by atoms with Crippen molar-refractivity contribution in [3.05, 3.63) is 71.8 Å². The highest BCUT2D eigenvalue weighted by Crippen LogP contribution is 2.39. The lowest BCUT2D eigenvalue weighted by atomic mass is 9.94. The van der Waals surface area contributed by atoms with Crippen molar-refractivity contribution in [3.8, 4) is 22.6 Å². The Balaban J connectivity index is 2.37. The average Bonchev–Trinajstić information content (AvgIpc) is 2.89. The van der Waals surface area contributed by atoms with Crippen LogP contribution in [0.5, 0.6) is 11.5 Å². The van der Waals surface area contributed by atoms with Crippen LogP contribution in [-0.4, -0.2) is 50.1 Å². The molecule has 0 bridgehead atoms. The van der Waals surface area contributed by atoms with Crippen LogP contribution in [0.3, 0.4) is 0 Å². The fraction of sp³-hybridized carbons (Fsp3) is 0.400. The molecule has 2 rings (SSSR count). The van der Waals surface area contributed by atoms with E-state index in [-0.39, 0.29) is 33.0 Å². The Morgan fingerprint density at radius 1 is 0.784 bits per heavy atom. The summed E-state index contributed by atoms with van der Waals surface area (Å²) in [5, 5.41) is 9.26. The van der Waals surface area contributed by atoms with Gasteiger partial charge in [-0.15, -0.1) is 0 Å². The molecule has 0 aliphatic heterocycles. The molecule has 200 valence electrons. The van der Waals surface area contributed by atoms with Gasteiger partial charge in [0.15, 0.2) is 0 Å². The molecule has 0 saturated carbocycles. The van der Waals surface area contributed by atoms with Gasteiger partial charge in [0.25, 0.3) is 0 Å². The summed E-state index contributed by atoms with van der Waals surface area (Å²) in [6.45, 7) is 13.1. The van der Waals surface area contributed by atoms with Gasteiger partial charge in [0.2, 0.25) is 0 Å². The zero-order chi connectivity index (χ0) is 27.2. The summed E-state index contributed by atoms with van der Waals surface area (Å²) < 4.78 is 22.5. The fourth-order valence-electron chi connectivity index (χ4n) is 3.60. The molecule has 37 heavy (non-hydrogen) atoms. The summed E-state index contributed by atoms with van der Waals surface area (Å²) in [7, 11) is 0. The van der Waals surface area contributed by atoms with Crippen molar-refractivity contribution >= 4 is 11.9 Å². The molecule has 7 heteroatoms. The fourth-order valence-corrected chi connectivity index (χ4v) is 3.60. The van der Waals surface area contributed by atoms with Crippen molar-refractivity contribution in [2.24, 2.45) is 0 Å². The highest BCUT2D eigenvalue weighted by Gasteiger charge is 2.17. The van der Waals surface area contributed by atoms with Crippen molar-refractivity contribution in [1.82, 2.24) is 0 Å². The highest BCUT2D eigenvalue weighted by atomic mass is 16.6. The van der Waals surface area contributed by atoms with E-state index in [9.17, 15) is 14.7 Å². The average molecular weight is 511 g/mol. The number of benzene rings is 2. The van der Waals surface area contributed by atoms with Crippen LogP contribution in [0.4, 0.5) is 0 Å². The van der Waals surface area contributed by atoms with Crippen LogP contribution in [0.1, 0.15) is 44.7 Å². The molecule has 7 nitrogen and oxygen atoms in total. The molecule has 0 fully saturated rings. The Morgan fingerprint density at radius 3 is 1.95 bits per heavy atom. The minimum Gasteiger partial charge on any atom is -0.490 e. The van der Waals surface area contributed by atoms with Crippen molar-refractivity contribution < 1.29 is 33.6 Å². The topological polar surface area (TPSA) is 91.3 Å². The maximum Gasteiger partial charge on any atom is 0.333 e. The number of rotatable bonds is 16. The second-order valence-corrected chi connectivity index (χ2v) is 8.68. The molecule has 0 saturated heterocycles. The minimum atomic E-state index is -0.458. The van der Waals surface area contributed by atoms with Crippen LogP contribution in [0.25, 0.3) is 11.1 Å². The summed E-state index contributed by atoms with van der Waals surface area (Å²) in [4.78, 5) is 23.4. The molecule has 0 unspecified atom stereocenters. The molecular weight excluding hydrogens is 472 g/mol. The van der Waals surface area contributed by atoms with E-state index in [2.05, 4.69) is 26.1 Å². The minimum absolute atomic E-state index is 0.0900. The van der Waals surface area contributed by atoms with Gasteiger partial charge in [-0.2, -0.15) is 0 Å². The number of aryl methyl sites for hydroxylation is 2. The number of hydrogen-bond donors (Lipinski definition) is 1. The lowest BCUT2D eigenvalue weighted by Gasteiger charge is -2.19. The van der Waals surface area contributed by atoms with Crippen molar-refractivity contribution in [2.75, 3.05) is 33.0 Å². The standard InChI is InChI=1S/C30H38O7/c1-6-23-11-7-8-13-25(23)26-20-27(34-15-17-36-29(32)21(2)3)24(12-9-10-14-31)19-28(26)35-16-18-37-30(33)22(4)5/h7-8,11,13,19-20,31H,2,4,6,9-10,12,14-18H2,1,3,5H3. The highest BCUT2D eigenvalue weighted by molar-refractivity contribution is 5.87. The van der Waals surface area contributed by atoms with E-state index in [1.165, 1.54) is 0 Å². The van der Waals surface area contributed by atoms with Gasteiger partial charge in [-0.1, -0.05) is 44.3 Å². The zero-order valence-corrected chi connectivity index (χ0v) is 22.1. The zero-order valence-electron chi connectivity index (χ0n) is 22.1. The molecule has 2 aromatic rings. The third-order valence-corrected chi connectivity index (χ3v) is 5.55. The Hall–Kier alpha value is -3.58. The summed E-state index contributed by atoms with van der Waals surface area (Å²) in [6, 6.07) is 12.0. The van der Waals surface area contributed by atoms with E-state index in [1.807, 2.05) is 30.3 Å². The number of unbranched alkanes of at least 4 members (excludes halogenated alkanes) is 1. The van der Waals surface area contributed by atoms with Gasteiger partial charge in [-0.3, -0.25) is 0 Å². The number of aliphatic hydroxyl groups excluding tert-OH is 1. The monoisotopic (exact) mass is 510 g/mol. The van der Waals surface area contributed by atoms with Gasteiger partial charge in [0.05, 0.1) is 0 Å². The normalized spacial score (nSPS) is 10.5. The molecule has 0 atom stereocenters. The first-order valence-corrected chi connectivity index (χ1v) is 12.5. The molecule has 0 aliphatic carbocycles. The van der Waals surface area contributed by atoms with Crippen molar-refractivity contribution in [2.45, 2.75) is 46.5 Å². The van der Waals surface area contributed by atoms with Crippen LogP contribution in [0, 0.1) is 0 Å². The Morgan fingerprint density at radius 2 is 1.38 bits per heavy atom. The second-order valence-electron chi connectivity index (χ2n) is 8.68. The molecule has 0 spiro atoms. The molecule has 0 radical (unpaired) electrons. The largest absolute Gasteiger partial charge is 0.490 e.